The first-order chi connectivity index (χ1) is 3.48. The van der Waals surface area contributed by atoms with Gasteiger partial charge in [0.05, 0.1) is 0 Å². The predicted molar refractivity (Wildman–Crippen MR) is 16.7 cm³/mol. The van der Waals surface area contributed by atoms with Crippen LogP contribution in [0.2, 0.25) is 0 Å². The number of halogens is 4. The zero-order valence-electron chi connectivity index (χ0n) is 3.44. The third-order valence-electron chi connectivity index (χ3n) is 0.363. The van der Waals surface area contributed by atoms with Gasteiger partial charge in [0.15, 0.2) is 0 Å². The third-order valence-corrected chi connectivity index (χ3v) is 0.363. The lowest BCUT2D eigenvalue weighted by molar-refractivity contribution is -0.178. The molecule has 48 valence electrons. The number of nitrogens with zero attached hydrogens (tertiary/aromatic N) is 1. The first-order valence-electron chi connectivity index (χ1n) is 1.51. The number of rotatable bonds is 1. The Morgan fingerprint density at radius 2 is 1.75 bits per heavy atom. The van der Waals surface area contributed by atoms with E-state index < -0.39 is 12.5 Å². The van der Waals surface area contributed by atoms with Crippen LogP contribution in [0.5, 0.6) is 0 Å². The Kier molecular flexibility index (Phi) is 1.88. The molecular formula is C2HF4NO. The molecule has 0 rings (SSSR count). The van der Waals surface area contributed by atoms with Gasteiger partial charge < -0.3 is 0 Å². The molecule has 1 unspecified atom stereocenters. The van der Waals surface area contributed by atoms with E-state index in [4.69, 9.17) is 4.91 Å². The normalized spacial score (nSPS) is 15.5. The fourth-order valence-electron chi connectivity index (χ4n) is 0.0598. The van der Waals surface area contributed by atoms with Crippen LogP contribution >= 0.6 is 0 Å². The Hall–Kier alpha value is -0.680. The maximum atomic E-state index is 11.0. The molecule has 6 heteroatoms. The molecule has 0 aromatic carbocycles. The van der Waals surface area contributed by atoms with E-state index >= 15 is 0 Å². The lowest BCUT2D eigenvalue weighted by Gasteiger charge is -2.01. The lowest BCUT2D eigenvalue weighted by atomic mass is 10.6. The van der Waals surface area contributed by atoms with Crippen LogP contribution in [-0.2, 0) is 0 Å². The number of hydrogen-bond donors (Lipinski definition) is 0. The molecule has 0 saturated heterocycles. The van der Waals surface area contributed by atoms with Crippen molar-refractivity contribution >= 4 is 0 Å². The van der Waals surface area contributed by atoms with Gasteiger partial charge in [-0.05, 0) is 5.18 Å². The van der Waals surface area contributed by atoms with Crippen molar-refractivity contribution in [3.63, 3.8) is 0 Å². The smallest absolute Gasteiger partial charge is 0.207 e. The fraction of sp³-hybridized carbons (Fsp3) is 1.00. The zero-order chi connectivity index (χ0) is 6.78. The van der Waals surface area contributed by atoms with Crippen LogP contribution in [0.25, 0.3) is 0 Å². The van der Waals surface area contributed by atoms with Gasteiger partial charge in [0, 0.05) is 0 Å². The summed E-state index contributed by atoms with van der Waals surface area (Å²) in [6, 6.07) is 0. The number of nitroso groups, excluding NO2 is 1. The summed E-state index contributed by atoms with van der Waals surface area (Å²) in [5.74, 6) is 0. The summed E-state index contributed by atoms with van der Waals surface area (Å²) in [5.41, 5.74) is 0. The summed E-state index contributed by atoms with van der Waals surface area (Å²) in [6.45, 7) is 0. The van der Waals surface area contributed by atoms with Crippen molar-refractivity contribution in [3.8, 4) is 0 Å². The van der Waals surface area contributed by atoms with Gasteiger partial charge in [0.25, 0.3) is 0 Å². The minimum absolute atomic E-state index is 1.12. The molecule has 0 heterocycles. The standard InChI is InChI=1S/C2HF4NO/c3-1(7-8)2(4,5)6/h1H. The largest absolute Gasteiger partial charge is 0.444 e. The first-order valence-corrected chi connectivity index (χ1v) is 1.51. The van der Waals surface area contributed by atoms with Crippen LogP contribution in [0.1, 0.15) is 0 Å². The maximum absolute atomic E-state index is 11.0. The zero-order valence-corrected chi connectivity index (χ0v) is 3.44. The molecule has 0 aliphatic heterocycles. The van der Waals surface area contributed by atoms with Crippen LogP contribution in [0.3, 0.4) is 0 Å². The Labute approximate surface area is 41.5 Å². The Morgan fingerprint density at radius 3 is 1.75 bits per heavy atom. The first kappa shape index (κ1) is 7.32. The molecule has 8 heavy (non-hydrogen) atoms. The van der Waals surface area contributed by atoms with E-state index in [1.165, 1.54) is 0 Å². The topological polar surface area (TPSA) is 29.4 Å². The van der Waals surface area contributed by atoms with Gasteiger partial charge in [-0.25, -0.2) is 4.39 Å². The summed E-state index contributed by atoms with van der Waals surface area (Å²) >= 11 is 0. The summed E-state index contributed by atoms with van der Waals surface area (Å²) in [4.78, 5) is 8.81. The summed E-state index contributed by atoms with van der Waals surface area (Å²) in [7, 11) is 0. The molecule has 0 aliphatic rings. The van der Waals surface area contributed by atoms with Crippen LogP contribution in [0.15, 0.2) is 5.18 Å². The van der Waals surface area contributed by atoms with Crippen molar-refractivity contribution in [1.82, 2.24) is 0 Å². The minimum atomic E-state index is -5.14. The van der Waals surface area contributed by atoms with Gasteiger partial charge >= 0.3 is 12.5 Å². The third kappa shape index (κ3) is 1.85. The highest BCUT2D eigenvalue weighted by molar-refractivity contribution is 4.59. The SMILES string of the molecule is O=NC(F)C(F)(F)F. The lowest BCUT2D eigenvalue weighted by Crippen LogP contribution is -2.21. The Balaban J connectivity index is 3.80. The number of alkyl halides is 4. The molecule has 0 spiro atoms. The Bertz CT molecular complexity index is 88.5. The quantitative estimate of drug-likeness (QED) is 0.302. The van der Waals surface area contributed by atoms with E-state index in [9.17, 15) is 17.6 Å². The van der Waals surface area contributed by atoms with E-state index in [-0.39, 0.29) is 0 Å². The van der Waals surface area contributed by atoms with E-state index in [2.05, 4.69) is 0 Å². The molecule has 0 radical (unpaired) electrons. The molecule has 0 fully saturated rings. The molecule has 0 amide bonds. The summed E-state index contributed by atoms with van der Waals surface area (Å²) in [6.07, 6.45) is -8.72. The molecule has 2 nitrogen and oxygen atoms in total. The van der Waals surface area contributed by atoms with Gasteiger partial charge in [-0.3, -0.25) is 0 Å². The van der Waals surface area contributed by atoms with Gasteiger partial charge in [-0.1, -0.05) is 0 Å². The van der Waals surface area contributed by atoms with E-state index in [0.717, 1.165) is 5.18 Å². The van der Waals surface area contributed by atoms with Crippen molar-refractivity contribution in [2.75, 3.05) is 0 Å². The Morgan fingerprint density at radius 1 is 1.38 bits per heavy atom. The van der Waals surface area contributed by atoms with Gasteiger partial charge in [-0.2, -0.15) is 13.2 Å². The monoisotopic (exact) mass is 131 g/mol. The van der Waals surface area contributed by atoms with Crippen molar-refractivity contribution in [2.45, 2.75) is 12.5 Å². The van der Waals surface area contributed by atoms with Crippen LogP contribution in [0.4, 0.5) is 17.6 Å². The van der Waals surface area contributed by atoms with E-state index in [1.807, 2.05) is 0 Å². The second kappa shape index (κ2) is 2.06. The minimum Gasteiger partial charge on any atom is -0.207 e. The number of hydrogen-bond acceptors (Lipinski definition) is 2. The molecule has 0 saturated carbocycles. The maximum Gasteiger partial charge on any atom is 0.444 e. The van der Waals surface area contributed by atoms with E-state index in [0.29, 0.717) is 0 Å². The van der Waals surface area contributed by atoms with Crippen LogP contribution < -0.4 is 0 Å². The average Bonchev–Trinajstić information content (AvgIpc) is 1.62. The van der Waals surface area contributed by atoms with Crippen LogP contribution in [-0.4, -0.2) is 12.5 Å². The van der Waals surface area contributed by atoms with Crippen molar-refractivity contribution in [1.29, 1.82) is 0 Å². The van der Waals surface area contributed by atoms with E-state index in [1.54, 1.807) is 0 Å². The summed E-state index contributed by atoms with van der Waals surface area (Å²) in [5, 5.41) is 1.12. The molecule has 0 N–H and O–H groups in total. The van der Waals surface area contributed by atoms with Crippen molar-refractivity contribution in [3.05, 3.63) is 4.91 Å². The second-order valence-electron chi connectivity index (χ2n) is 0.983. The molecule has 0 bridgehead atoms. The van der Waals surface area contributed by atoms with Crippen molar-refractivity contribution < 1.29 is 17.6 Å². The molecule has 0 aromatic heterocycles. The molecule has 1 atom stereocenters. The van der Waals surface area contributed by atoms with Gasteiger partial charge in [-0.15, -0.1) is 4.91 Å². The highest BCUT2D eigenvalue weighted by Gasteiger charge is 2.41. The highest BCUT2D eigenvalue weighted by atomic mass is 19.4. The fourth-order valence-corrected chi connectivity index (χ4v) is 0.0598. The molecular weight excluding hydrogens is 130 g/mol. The predicted octanol–water partition coefficient (Wildman–Crippen LogP) is 1.61. The average molecular weight is 131 g/mol. The second-order valence-corrected chi connectivity index (χ2v) is 0.983. The molecule has 0 aromatic rings. The summed E-state index contributed by atoms with van der Waals surface area (Å²) < 4.78 is 43.4. The molecule has 0 aliphatic carbocycles. The van der Waals surface area contributed by atoms with Gasteiger partial charge in [0.1, 0.15) is 0 Å². The van der Waals surface area contributed by atoms with Crippen LogP contribution in [0, 0.1) is 4.91 Å². The van der Waals surface area contributed by atoms with Crippen molar-refractivity contribution in [2.24, 2.45) is 5.18 Å². The highest BCUT2D eigenvalue weighted by Crippen LogP contribution is 2.22. The van der Waals surface area contributed by atoms with Gasteiger partial charge in [0.2, 0.25) is 0 Å².